The molecule has 4 heteroatoms. The van der Waals surface area contributed by atoms with Crippen molar-refractivity contribution in [1.29, 1.82) is 0 Å². The van der Waals surface area contributed by atoms with E-state index < -0.39 is 0 Å². The summed E-state index contributed by atoms with van der Waals surface area (Å²) >= 11 is 0. The van der Waals surface area contributed by atoms with Crippen LogP contribution in [0, 0.1) is 15.5 Å². The van der Waals surface area contributed by atoms with Crippen LogP contribution in [0.5, 0.6) is 0 Å². The number of nitro benzene ring substituents is 1. The number of non-ortho nitro benzene ring substituents is 1. The quantitative estimate of drug-likeness (QED) is 0.629. The molecule has 0 saturated heterocycles. The van der Waals surface area contributed by atoms with Crippen LogP contribution in [0.15, 0.2) is 24.3 Å². The monoisotopic (exact) mass is 234 g/mol. The summed E-state index contributed by atoms with van der Waals surface area (Å²) in [5, 5.41) is 13.9. The van der Waals surface area contributed by atoms with Gasteiger partial charge < -0.3 is 5.32 Å². The van der Waals surface area contributed by atoms with Crippen LogP contribution in [0.1, 0.15) is 31.7 Å². The van der Waals surface area contributed by atoms with Gasteiger partial charge in [-0.05, 0) is 23.8 Å². The Kier molecular flexibility index (Phi) is 3.43. The van der Waals surface area contributed by atoms with Gasteiger partial charge in [-0.15, -0.1) is 0 Å². The van der Waals surface area contributed by atoms with Crippen molar-refractivity contribution in [3.63, 3.8) is 0 Å². The summed E-state index contributed by atoms with van der Waals surface area (Å²) in [5.41, 5.74) is 1.72. The van der Waals surface area contributed by atoms with Gasteiger partial charge >= 0.3 is 0 Å². The normalized spacial score (nSPS) is 17.5. The van der Waals surface area contributed by atoms with E-state index in [0.717, 1.165) is 18.7 Å². The summed E-state index contributed by atoms with van der Waals surface area (Å²) in [6.07, 6.45) is 3.95. The largest absolute Gasteiger partial charge is 0.312 e. The first-order chi connectivity index (χ1) is 8.09. The lowest BCUT2D eigenvalue weighted by molar-refractivity contribution is -0.384. The molecule has 0 unspecified atom stereocenters. The van der Waals surface area contributed by atoms with Gasteiger partial charge in [0, 0.05) is 25.2 Å². The van der Waals surface area contributed by atoms with E-state index in [1.54, 1.807) is 12.1 Å². The summed E-state index contributed by atoms with van der Waals surface area (Å²) < 4.78 is 0. The predicted octanol–water partition coefficient (Wildman–Crippen LogP) is 2.87. The lowest BCUT2D eigenvalue weighted by Crippen LogP contribution is -2.36. The molecule has 92 valence electrons. The fourth-order valence-electron chi connectivity index (χ4n) is 2.20. The Labute approximate surface area is 101 Å². The molecule has 0 atom stereocenters. The van der Waals surface area contributed by atoms with E-state index in [0.29, 0.717) is 5.41 Å². The molecule has 0 spiro atoms. The second-order valence-corrected chi connectivity index (χ2v) is 5.19. The van der Waals surface area contributed by atoms with Gasteiger partial charge in [-0.1, -0.05) is 25.5 Å². The van der Waals surface area contributed by atoms with Crippen LogP contribution in [0.2, 0.25) is 0 Å². The summed E-state index contributed by atoms with van der Waals surface area (Å²) in [6, 6.07) is 6.74. The molecule has 0 bridgehead atoms. The number of nitrogens with zero attached hydrogens (tertiary/aromatic N) is 1. The third kappa shape index (κ3) is 3.03. The summed E-state index contributed by atoms with van der Waals surface area (Å²) in [5.74, 6) is 0. The van der Waals surface area contributed by atoms with Crippen molar-refractivity contribution in [2.45, 2.75) is 32.7 Å². The first-order valence-corrected chi connectivity index (χ1v) is 6.03. The Morgan fingerprint density at radius 1 is 1.35 bits per heavy atom. The van der Waals surface area contributed by atoms with Crippen LogP contribution in [0.4, 0.5) is 5.69 Å². The highest BCUT2D eigenvalue weighted by atomic mass is 16.6. The molecule has 0 radical (unpaired) electrons. The van der Waals surface area contributed by atoms with Crippen LogP contribution in [0.3, 0.4) is 0 Å². The van der Waals surface area contributed by atoms with Crippen molar-refractivity contribution in [3.05, 3.63) is 39.9 Å². The van der Waals surface area contributed by atoms with Gasteiger partial charge in [-0.2, -0.15) is 0 Å². The number of nitrogens with one attached hydrogen (secondary N) is 1. The Balaban J connectivity index is 1.80. The van der Waals surface area contributed by atoms with Gasteiger partial charge in [0.05, 0.1) is 4.92 Å². The third-order valence-electron chi connectivity index (χ3n) is 3.59. The van der Waals surface area contributed by atoms with E-state index in [-0.39, 0.29) is 10.6 Å². The van der Waals surface area contributed by atoms with Crippen molar-refractivity contribution >= 4 is 5.69 Å². The Morgan fingerprint density at radius 2 is 2.00 bits per heavy atom. The molecule has 4 nitrogen and oxygen atoms in total. The highest BCUT2D eigenvalue weighted by Gasteiger charge is 2.30. The Bertz CT molecular complexity index is 396. The topological polar surface area (TPSA) is 55.2 Å². The number of hydrogen-bond donors (Lipinski definition) is 1. The minimum Gasteiger partial charge on any atom is -0.312 e. The molecule has 1 aromatic carbocycles. The molecule has 1 aromatic rings. The minimum atomic E-state index is -0.368. The lowest BCUT2D eigenvalue weighted by Gasteiger charge is -2.38. The molecule has 1 aliphatic rings. The van der Waals surface area contributed by atoms with Gasteiger partial charge in [-0.25, -0.2) is 0 Å². The molecule has 1 N–H and O–H groups in total. The standard InChI is InChI=1S/C13H18N2O2/c1-13(7-2-8-13)10-14-9-11-3-5-12(6-4-11)15(16)17/h3-6,14H,2,7-10H2,1H3. The van der Waals surface area contributed by atoms with E-state index in [1.807, 2.05) is 12.1 Å². The molecule has 1 saturated carbocycles. The summed E-state index contributed by atoms with van der Waals surface area (Å²) in [7, 11) is 0. The van der Waals surface area contributed by atoms with Crippen LogP contribution in [-0.2, 0) is 6.54 Å². The fourth-order valence-corrected chi connectivity index (χ4v) is 2.20. The van der Waals surface area contributed by atoms with Crippen molar-refractivity contribution in [3.8, 4) is 0 Å². The fraction of sp³-hybridized carbons (Fsp3) is 0.538. The van der Waals surface area contributed by atoms with Crippen LogP contribution in [0.25, 0.3) is 0 Å². The number of nitro groups is 1. The molecule has 0 amide bonds. The van der Waals surface area contributed by atoms with Crippen LogP contribution >= 0.6 is 0 Å². The zero-order valence-electron chi connectivity index (χ0n) is 10.1. The second-order valence-electron chi connectivity index (χ2n) is 5.19. The van der Waals surface area contributed by atoms with E-state index in [4.69, 9.17) is 0 Å². The maximum atomic E-state index is 10.5. The van der Waals surface area contributed by atoms with Crippen LogP contribution < -0.4 is 5.32 Å². The highest BCUT2D eigenvalue weighted by molar-refractivity contribution is 5.32. The van der Waals surface area contributed by atoms with Gasteiger partial charge in [0.15, 0.2) is 0 Å². The average Bonchev–Trinajstić information content (AvgIpc) is 2.27. The molecule has 0 aliphatic heterocycles. The molecule has 1 fully saturated rings. The molecular weight excluding hydrogens is 216 g/mol. The SMILES string of the molecule is CC1(CNCc2ccc([N+](=O)[O-])cc2)CCC1. The average molecular weight is 234 g/mol. The van der Waals surface area contributed by atoms with Crippen LogP contribution in [-0.4, -0.2) is 11.5 Å². The van der Waals surface area contributed by atoms with Crippen molar-refractivity contribution in [2.75, 3.05) is 6.54 Å². The van der Waals surface area contributed by atoms with Gasteiger partial charge in [0.2, 0.25) is 0 Å². The predicted molar refractivity (Wildman–Crippen MR) is 66.8 cm³/mol. The third-order valence-corrected chi connectivity index (χ3v) is 3.59. The first-order valence-electron chi connectivity index (χ1n) is 6.03. The van der Waals surface area contributed by atoms with Crippen molar-refractivity contribution in [2.24, 2.45) is 5.41 Å². The van der Waals surface area contributed by atoms with E-state index in [9.17, 15) is 10.1 Å². The first kappa shape index (κ1) is 12.0. The zero-order valence-corrected chi connectivity index (χ0v) is 10.1. The minimum absolute atomic E-state index is 0.153. The smallest absolute Gasteiger partial charge is 0.269 e. The number of benzene rings is 1. The van der Waals surface area contributed by atoms with Gasteiger partial charge in [0.1, 0.15) is 0 Å². The van der Waals surface area contributed by atoms with Gasteiger partial charge in [0.25, 0.3) is 5.69 Å². The molecule has 17 heavy (non-hydrogen) atoms. The van der Waals surface area contributed by atoms with Crippen molar-refractivity contribution in [1.82, 2.24) is 5.32 Å². The highest BCUT2D eigenvalue weighted by Crippen LogP contribution is 2.39. The van der Waals surface area contributed by atoms with Gasteiger partial charge in [-0.3, -0.25) is 10.1 Å². The number of rotatable bonds is 5. The van der Waals surface area contributed by atoms with Crippen molar-refractivity contribution < 1.29 is 4.92 Å². The Morgan fingerprint density at radius 3 is 2.47 bits per heavy atom. The maximum absolute atomic E-state index is 10.5. The maximum Gasteiger partial charge on any atom is 0.269 e. The number of hydrogen-bond acceptors (Lipinski definition) is 3. The lowest BCUT2D eigenvalue weighted by atomic mass is 9.70. The Hall–Kier alpha value is -1.42. The van der Waals surface area contributed by atoms with E-state index in [1.165, 1.54) is 19.3 Å². The van der Waals surface area contributed by atoms with E-state index in [2.05, 4.69) is 12.2 Å². The molecule has 0 heterocycles. The zero-order chi connectivity index (χ0) is 12.3. The summed E-state index contributed by atoms with van der Waals surface area (Å²) in [4.78, 5) is 10.1. The van der Waals surface area contributed by atoms with E-state index >= 15 is 0 Å². The molecule has 1 aliphatic carbocycles. The summed E-state index contributed by atoms with van der Waals surface area (Å²) in [6.45, 7) is 4.12. The molecule has 2 rings (SSSR count). The molecular formula is C13H18N2O2. The second kappa shape index (κ2) is 4.84. The molecule has 0 aromatic heterocycles.